The average Bonchev–Trinajstić information content (AvgIpc) is 2.44. The fraction of sp³-hybridized carbons (Fsp3) is 0.444. The molecule has 1 N–H and O–H groups in total. The summed E-state index contributed by atoms with van der Waals surface area (Å²) in [5.74, 6) is -1.04. The zero-order valence-corrected chi connectivity index (χ0v) is 14.8. The van der Waals surface area contributed by atoms with Gasteiger partial charge in [0.25, 0.3) is 0 Å². The number of alkyl halides is 3. The van der Waals surface area contributed by atoms with E-state index in [-0.39, 0.29) is 17.8 Å². The molecule has 2 rings (SSSR count). The number of hydrogen-bond acceptors (Lipinski definition) is 4. The number of hydrogen-bond donors (Lipinski definition) is 1. The monoisotopic (exact) mass is 354 g/mol. The highest BCUT2D eigenvalue weighted by Crippen LogP contribution is 2.39. The van der Waals surface area contributed by atoms with Crippen LogP contribution in [-0.4, -0.2) is 23.1 Å². The van der Waals surface area contributed by atoms with Crippen LogP contribution in [0.15, 0.2) is 18.2 Å². The number of aromatic nitrogens is 1. The standard InChI is InChI=1S/C18H21F3N2O2/c1-6-25-16(24)13-14(23-17(3,4)5)11-8-7-10(2)9-12(11)22-15(13)18(19,20)21/h7-9H,6H2,1-5H3,(H,22,23). The second kappa shape index (κ2) is 6.54. The quantitative estimate of drug-likeness (QED) is 0.793. The summed E-state index contributed by atoms with van der Waals surface area (Å²) in [4.78, 5) is 16.1. The zero-order chi connectivity index (χ0) is 19.0. The van der Waals surface area contributed by atoms with Gasteiger partial charge in [-0.2, -0.15) is 13.2 Å². The van der Waals surface area contributed by atoms with Crippen molar-refractivity contribution in [1.82, 2.24) is 4.98 Å². The third-order valence-corrected chi connectivity index (χ3v) is 3.39. The minimum atomic E-state index is -4.78. The molecule has 0 aliphatic carbocycles. The van der Waals surface area contributed by atoms with E-state index >= 15 is 0 Å². The Balaban J connectivity index is 2.92. The predicted octanol–water partition coefficient (Wildman–Crippen LogP) is 4.95. The largest absolute Gasteiger partial charge is 0.462 e. The van der Waals surface area contributed by atoms with Crippen LogP contribution in [0.5, 0.6) is 0 Å². The second-order valence-corrected chi connectivity index (χ2v) is 6.82. The second-order valence-electron chi connectivity index (χ2n) is 6.82. The molecule has 7 heteroatoms. The third kappa shape index (κ3) is 4.21. The van der Waals surface area contributed by atoms with Gasteiger partial charge in [-0.05, 0) is 46.2 Å². The summed E-state index contributed by atoms with van der Waals surface area (Å²) in [6.45, 7) is 8.68. The number of esters is 1. The Morgan fingerprint density at radius 1 is 1.24 bits per heavy atom. The zero-order valence-electron chi connectivity index (χ0n) is 14.8. The number of pyridine rings is 1. The lowest BCUT2D eigenvalue weighted by molar-refractivity contribution is -0.141. The van der Waals surface area contributed by atoms with Crippen LogP contribution in [-0.2, 0) is 10.9 Å². The van der Waals surface area contributed by atoms with Crippen molar-refractivity contribution in [3.05, 3.63) is 35.0 Å². The first-order valence-corrected chi connectivity index (χ1v) is 7.91. The van der Waals surface area contributed by atoms with Crippen molar-refractivity contribution in [2.24, 2.45) is 0 Å². The van der Waals surface area contributed by atoms with Gasteiger partial charge in [0.2, 0.25) is 0 Å². The lowest BCUT2D eigenvalue weighted by atomic mass is 10.0. The van der Waals surface area contributed by atoms with Crippen molar-refractivity contribution in [3.63, 3.8) is 0 Å². The van der Waals surface area contributed by atoms with Crippen LogP contribution in [0.4, 0.5) is 18.9 Å². The maximum Gasteiger partial charge on any atom is 0.434 e. The summed E-state index contributed by atoms with van der Waals surface area (Å²) in [6.07, 6.45) is -4.78. The molecule has 0 aliphatic heterocycles. The van der Waals surface area contributed by atoms with E-state index in [1.807, 2.05) is 0 Å². The Labute approximate surface area is 144 Å². The molecule has 0 bridgehead atoms. The molecule has 1 aromatic carbocycles. The highest BCUT2D eigenvalue weighted by Gasteiger charge is 2.40. The van der Waals surface area contributed by atoms with Gasteiger partial charge in [-0.3, -0.25) is 0 Å². The predicted molar refractivity (Wildman–Crippen MR) is 90.8 cm³/mol. The van der Waals surface area contributed by atoms with Crippen LogP contribution in [0, 0.1) is 6.92 Å². The van der Waals surface area contributed by atoms with Gasteiger partial charge >= 0.3 is 12.1 Å². The van der Waals surface area contributed by atoms with E-state index in [0.29, 0.717) is 5.39 Å². The van der Waals surface area contributed by atoms with Crippen molar-refractivity contribution >= 4 is 22.6 Å². The fourth-order valence-electron chi connectivity index (χ4n) is 2.49. The highest BCUT2D eigenvalue weighted by molar-refractivity contribution is 6.06. The number of nitrogens with one attached hydrogen (secondary N) is 1. The van der Waals surface area contributed by atoms with Gasteiger partial charge in [0.15, 0.2) is 5.69 Å². The maximum absolute atomic E-state index is 13.6. The molecular weight excluding hydrogens is 333 g/mol. The van der Waals surface area contributed by atoms with Gasteiger partial charge < -0.3 is 10.1 Å². The first-order chi connectivity index (χ1) is 11.4. The van der Waals surface area contributed by atoms with E-state index in [9.17, 15) is 18.0 Å². The van der Waals surface area contributed by atoms with Crippen molar-refractivity contribution in [2.45, 2.75) is 46.3 Å². The summed E-state index contributed by atoms with van der Waals surface area (Å²) in [7, 11) is 0. The van der Waals surface area contributed by atoms with Gasteiger partial charge in [-0.15, -0.1) is 0 Å². The number of nitrogens with zero attached hydrogens (tertiary/aromatic N) is 1. The molecule has 0 radical (unpaired) electrons. The van der Waals surface area contributed by atoms with Crippen LogP contribution >= 0.6 is 0 Å². The number of rotatable bonds is 3. The minimum absolute atomic E-state index is 0.0307. The van der Waals surface area contributed by atoms with E-state index < -0.39 is 28.9 Å². The summed E-state index contributed by atoms with van der Waals surface area (Å²) >= 11 is 0. The summed E-state index contributed by atoms with van der Waals surface area (Å²) in [5, 5.41) is 3.46. The Bertz CT molecular complexity index is 809. The molecule has 0 amide bonds. The highest BCUT2D eigenvalue weighted by atomic mass is 19.4. The summed E-state index contributed by atoms with van der Waals surface area (Å²) < 4.78 is 45.6. The topological polar surface area (TPSA) is 51.2 Å². The van der Waals surface area contributed by atoms with E-state index in [4.69, 9.17) is 4.74 Å². The van der Waals surface area contributed by atoms with Gasteiger partial charge in [-0.25, -0.2) is 9.78 Å². The summed E-state index contributed by atoms with van der Waals surface area (Å²) in [5.41, 5.74) is -1.35. The smallest absolute Gasteiger partial charge is 0.434 e. The lowest BCUT2D eigenvalue weighted by Crippen LogP contribution is -2.29. The van der Waals surface area contributed by atoms with Crippen LogP contribution in [0.25, 0.3) is 10.9 Å². The minimum Gasteiger partial charge on any atom is -0.462 e. The number of fused-ring (bicyclic) bond motifs is 1. The number of carbonyl (C=O) groups excluding carboxylic acids is 1. The molecule has 0 unspecified atom stereocenters. The van der Waals surface area contributed by atoms with E-state index in [0.717, 1.165) is 5.56 Å². The first-order valence-electron chi connectivity index (χ1n) is 7.91. The normalized spacial score (nSPS) is 12.3. The van der Waals surface area contributed by atoms with E-state index in [1.54, 1.807) is 52.8 Å². The first kappa shape index (κ1) is 19.0. The summed E-state index contributed by atoms with van der Waals surface area (Å²) in [6, 6.07) is 4.99. The van der Waals surface area contributed by atoms with Gasteiger partial charge in [0.1, 0.15) is 5.56 Å². The van der Waals surface area contributed by atoms with Crippen LogP contribution in [0.1, 0.15) is 49.3 Å². The van der Waals surface area contributed by atoms with Crippen molar-refractivity contribution < 1.29 is 22.7 Å². The molecule has 0 spiro atoms. The van der Waals surface area contributed by atoms with Crippen LogP contribution < -0.4 is 5.32 Å². The Hall–Kier alpha value is -2.31. The molecule has 1 heterocycles. The molecule has 0 aliphatic rings. The average molecular weight is 354 g/mol. The molecule has 136 valence electrons. The number of anilines is 1. The van der Waals surface area contributed by atoms with Crippen LogP contribution in [0.2, 0.25) is 0 Å². The van der Waals surface area contributed by atoms with Crippen molar-refractivity contribution in [3.8, 4) is 0 Å². The molecule has 25 heavy (non-hydrogen) atoms. The van der Waals surface area contributed by atoms with Crippen molar-refractivity contribution in [1.29, 1.82) is 0 Å². The number of benzene rings is 1. The molecule has 1 aromatic heterocycles. The Morgan fingerprint density at radius 2 is 1.88 bits per heavy atom. The van der Waals surface area contributed by atoms with Gasteiger partial charge in [0, 0.05) is 10.9 Å². The number of aryl methyl sites for hydroxylation is 1. The molecule has 0 atom stereocenters. The molecule has 0 fully saturated rings. The van der Waals surface area contributed by atoms with E-state index in [2.05, 4.69) is 10.3 Å². The fourth-order valence-corrected chi connectivity index (χ4v) is 2.49. The lowest BCUT2D eigenvalue weighted by Gasteiger charge is -2.26. The number of ether oxygens (including phenoxy) is 1. The van der Waals surface area contributed by atoms with Gasteiger partial charge in [-0.1, -0.05) is 12.1 Å². The Morgan fingerprint density at radius 3 is 2.40 bits per heavy atom. The molecule has 0 saturated heterocycles. The van der Waals surface area contributed by atoms with Crippen LogP contribution in [0.3, 0.4) is 0 Å². The van der Waals surface area contributed by atoms with E-state index in [1.165, 1.54) is 0 Å². The molecular formula is C18H21F3N2O2. The maximum atomic E-state index is 13.6. The molecule has 4 nitrogen and oxygen atoms in total. The molecule has 2 aromatic rings. The SMILES string of the molecule is CCOC(=O)c1c(C(F)(F)F)nc2cc(C)ccc2c1NC(C)(C)C. The van der Waals surface area contributed by atoms with Crippen molar-refractivity contribution in [2.75, 3.05) is 11.9 Å². The number of carbonyl (C=O) groups is 1. The third-order valence-electron chi connectivity index (χ3n) is 3.39. The number of halogens is 3. The van der Waals surface area contributed by atoms with Gasteiger partial charge in [0.05, 0.1) is 17.8 Å². The Kier molecular flexibility index (Phi) is 4.97. The molecule has 0 saturated carbocycles.